The predicted molar refractivity (Wildman–Crippen MR) is 125 cm³/mol. The summed E-state index contributed by atoms with van der Waals surface area (Å²) in [6, 6.07) is 8.12. The molecule has 2 aromatic rings. The number of aryl methyl sites for hydroxylation is 4. The molecule has 0 aromatic heterocycles. The summed E-state index contributed by atoms with van der Waals surface area (Å²) in [7, 11) is 0. The molecule has 0 fully saturated rings. The van der Waals surface area contributed by atoms with Gasteiger partial charge in [0, 0.05) is 6.04 Å². The molecule has 0 amide bonds. The number of phenols is 1. The van der Waals surface area contributed by atoms with E-state index in [0.717, 1.165) is 40.2 Å². The van der Waals surface area contributed by atoms with Crippen LogP contribution in [0.5, 0.6) is 17.2 Å². The van der Waals surface area contributed by atoms with E-state index in [1.54, 1.807) is 0 Å². The van der Waals surface area contributed by atoms with Gasteiger partial charge in [0.25, 0.3) is 0 Å². The Hall–Kier alpha value is -2.00. The quantitative estimate of drug-likeness (QED) is 0.573. The molecule has 1 atom stereocenters. The van der Waals surface area contributed by atoms with E-state index in [1.165, 1.54) is 5.56 Å². The van der Waals surface area contributed by atoms with Crippen LogP contribution in [0, 0.1) is 27.7 Å². The number of phenolic OH excluding ortho intramolecular Hbond substituents is 1. The fourth-order valence-corrected chi connectivity index (χ4v) is 2.78. The normalized spacial score (nSPS) is 10.3. The van der Waals surface area contributed by atoms with Crippen LogP contribution in [0.3, 0.4) is 0 Å². The lowest BCUT2D eigenvalue weighted by Gasteiger charge is -2.16. The van der Waals surface area contributed by atoms with Crippen molar-refractivity contribution in [1.82, 2.24) is 0 Å². The summed E-state index contributed by atoms with van der Waals surface area (Å²) in [5, 5.41) is 9.86. The van der Waals surface area contributed by atoms with Gasteiger partial charge >= 0.3 is 0 Å². The lowest BCUT2D eigenvalue weighted by Crippen LogP contribution is -2.17. The van der Waals surface area contributed by atoms with Crippen LogP contribution in [0.15, 0.2) is 24.3 Å². The summed E-state index contributed by atoms with van der Waals surface area (Å²) in [6.45, 7) is 21.9. The van der Waals surface area contributed by atoms with Gasteiger partial charge in [-0.3, -0.25) is 0 Å². The molecule has 2 rings (SSSR count). The fraction of sp³-hybridized carbons (Fsp3) is 0.520. The third kappa shape index (κ3) is 8.79. The van der Waals surface area contributed by atoms with Crippen molar-refractivity contribution in [3.63, 3.8) is 0 Å². The van der Waals surface area contributed by atoms with Crippen LogP contribution in [-0.2, 0) is 6.42 Å². The zero-order valence-corrected chi connectivity index (χ0v) is 20.0. The Bertz CT molecular complexity index is 645. The van der Waals surface area contributed by atoms with Gasteiger partial charge in [-0.25, -0.2) is 0 Å². The van der Waals surface area contributed by atoms with Crippen molar-refractivity contribution in [2.45, 2.75) is 88.6 Å². The second-order valence-electron chi connectivity index (χ2n) is 6.25. The first-order valence-corrected chi connectivity index (χ1v) is 10.6. The van der Waals surface area contributed by atoms with E-state index in [4.69, 9.17) is 10.5 Å². The van der Waals surface area contributed by atoms with Gasteiger partial charge in [-0.2, -0.15) is 0 Å². The Kier molecular flexibility index (Phi) is 15.1. The zero-order chi connectivity index (χ0) is 22.4. The predicted octanol–water partition coefficient (Wildman–Crippen LogP) is 7.39. The van der Waals surface area contributed by atoms with E-state index < -0.39 is 0 Å². The topological polar surface area (TPSA) is 55.5 Å². The lowest BCUT2D eigenvalue weighted by atomic mass is 10.0. The van der Waals surface area contributed by atoms with E-state index in [0.29, 0.717) is 5.75 Å². The van der Waals surface area contributed by atoms with Gasteiger partial charge in [0.2, 0.25) is 0 Å². The second-order valence-corrected chi connectivity index (χ2v) is 6.25. The first-order chi connectivity index (χ1) is 13.3. The molecule has 0 heterocycles. The van der Waals surface area contributed by atoms with E-state index in [9.17, 15) is 5.11 Å². The summed E-state index contributed by atoms with van der Waals surface area (Å²) in [4.78, 5) is 0. The third-order valence-electron chi connectivity index (χ3n) is 3.76. The summed E-state index contributed by atoms with van der Waals surface area (Å²) >= 11 is 0. The van der Waals surface area contributed by atoms with Gasteiger partial charge in [0.1, 0.15) is 17.2 Å². The summed E-state index contributed by atoms with van der Waals surface area (Å²) < 4.78 is 6.07. The maximum absolute atomic E-state index is 9.86. The monoisotopic (exact) mass is 389 g/mol. The number of ether oxygens (including phenoxy) is 1. The molecule has 0 radical (unpaired) electrons. The molecule has 2 aromatic carbocycles. The molecule has 0 aliphatic heterocycles. The maximum atomic E-state index is 9.86. The number of nitrogens with two attached hydrogens (primary N) is 1. The standard InChI is InChI=1S/C19H25NO2.3C2H6/c1-11-8-17(9-12(2)18(11)21)22-19-13(3)6-16(7-14(19)4)10-15(5)20;3*1-2/h6-9,15,21H,10,20H2,1-5H3;3*1-2H3. The van der Waals surface area contributed by atoms with Crippen LogP contribution in [0.25, 0.3) is 0 Å². The van der Waals surface area contributed by atoms with Crippen molar-refractivity contribution in [3.05, 3.63) is 52.1 Å². The Balaban J connectivity index is 0. The van der Waals surface area contributed by atoms with E-state index in [1.807, 2.05) is 88.3 Å². The van der Waals surface area contributed by atoms with Crippen LogP contribution < -0.4 is 10.5 Å². The van der Waals surface area contributed by atoms with Crippen molar-refractivity contribution >= 4 is 0 Å². The molecule has 3 N–H and O–H groups in total. The van der Waals surface area contributed by atoms with Crippen LogP contribution in [0.1, 0.15) is 76.3 Å². The average Bonchev–Trinajstić information content (AvgIpc) is 2.67. The van der Waals surface area contributed by atoms with Gasteiger partial charge in [-0.15, -0.1) is 0 Å². The Morgan fingerprint density at radius 3 is 1.54 bits per heavy atom. The minimum absolute atomic E-state index is 0.146. The van der Waals surface area contributed by atoms with Crippen molar-refractivity contribution in [2.24, 2.45) is 5.73 Å². The molecule has 0 aliphatic carbocycles. The first kappa shape index (κ1) is 28.2. The van der Waals surface area contributed by atoms with E-state index in [-0.39, 0.29) is 6.04 Å². The first-order valence-electron chi connectivity index (χ1n) is 10.6. The maximum Gasteiger partial charge on any atom is 0.133 e. The van der Waals surface area contributed by atoms with Crippen LogP contribution in [0.2, 0.25) is 0 Å². The summed E-state index contributed by atoms with van der Waals surface area (Å²) in [6.07, 6.45) is 0.861. The molecular weight excluding hydrogens is 346 g/mol. The highest BCUT2D eigenvalue weighted by atomic mass is 16.5. The van der Waals surface area contributed by atoms with E-state index >= 15 is 0 Å². The molecule has 3 heteroatoms. The highest BCUT2D eigenvalue weighted by Gasteiger charge is 2.11. The Morgan fingerprint density at radius 2 is 1.18 bits per heavy atom. The smallest absolute Gasteiger partial charge is 0.133 e. The molecule has 0 saturated carbocycles. The van der Waals surface area contributed by atoms with Crippen molar-refractivity contribution in [1.29, 1.82) is 0 Å². The second kappa shape index (κ2) is 15.0. The average molecular weight is 390 g/mol. The largest absolute Gasteiger partial charge is 0.507 e. The van der Waals surface area contributed by atoms with Crippen molar-refractivity contribution in [3.8, 4) is 17.2 Å². The van der Waals surface area contributed by atoms with Crippen LogP contribution >= 0.6 is 0 Å². The molecule has 3 nitrogen and oxygen atoms in total. The molecule has 0 saturated heterocycles. The van der Waals surface area contributed by atoms with E-state index in [2.05, 4.69) is 12.1 Å². The molecule has 0 spiro atoms. The van der Waals surface area contributed by atoms with Crippen LogP contribution in [0.4, 0.5) is 0 Å². The van der Waals surface area contributed by atoms with Gasteiger partial charge < -0.3 is 15.6 Å². The van der Waals surface area contributed by atoms with Gasteiger partial charge in [-0.05, 0) is 81.0 Å². The van der Waals surface area contributed by atoms with Gasteiger partial charge in [0.15, 0.2) is 0 Å². The SMILES string of the molecule is CC.CC.CC.Cc1cc(Oc2c(C)cc(CC(C)N)cc2C)cc(C)c1O. The highest BCUT2D eigenvalue weighted by molar-refractivity contribution is 5.49. The Morgan fingerprint density at radius 1 is 0.786 bits per heavy atom. The third-order valence-corrected chi connectivity index (χ3v) is 3.76. The molecule has 1 unspecified atom stereocenters. The zero-order valence-electron chi connectivity index (χ0n) is 20.0. The summed E-state index contributed by atoms with van der Waals surface area (Å²) in [5.74, 6) is 1.95. The number of hydrogen-bond acceptors (Lipinski definition) is 3. The number of rotatable bonds is 4. The number of hydrogen-bond donors (Lipinski definition) is 2. The minimum Gasteiger partial charge on any atom is -0.507 e. The molecule has 0 aliphatic rings. The number of benzene rings is 2. The molecule has 160 valence electrons. The highest BCUT2D eigenvalue weighted by Crippen LogP contribution is 2.33. The van der Waals surface area contributed by atoms with Crippen LogP contribution in [-0.4, -0.2) is 11.1 Å². The minimum atomic E-state index is 0.146. The van der Waals surface area contributed by atoms with Crippen molar-refractivity contribution in [2.75, 3.05) is 0 Å². The molecule has 0 bridgehead atoms. The summed E-state index contributed by atoms with van der Waals surface area (Å²) in [5.41, 5.74) is 10.9. The fourth-order valence-electron chi connectivity index (χ4n) is 2.78. The molecular formula is C25H43NO2. The van der Waals surface area contributed by atoms with Gasteiger partial charge in [0.05, 0.1) is 0 Å². The number of aromatic hydroxyl groups is 1. The lowest BCUT2D eigenvalue weighted by molar-refractivity contribution is 0.454. The van der Waals surface area contributed by atoms with Gasteiger partial charge in [-0.1, -0.05) is 53.7 Å². The molecule has 28 heavy (non-hydrogen) atoms. The Labute approximate surface area is 173 Å². The van der Waals surface area contributed by atoms with Crippen molar-refractivity contribution < 1.29 is 9.84 Å².